The molecule has 0 unspecified atom stereocenters. The van der Waals surface area contributed by atoms with Gasteiger partial charge in [-0.15, -0.1) is 0 Å². The predicted octanol–water partition coefficient (Wildman–Crippen LogP) is 0.865. The van der Waals surface area contributed by atoms with Crippen LogP contribution >= 0.6 is 0 Å². The van der Waals surface area contributed by atoms with Crippen LogP contribution < -0.4 is 0 Å². The van der Waals surface area contributed by atoms with Gasteiger partial charge < -0.3 is 20.1 Å². The van der Waals surface area contributed by atoms with Gasteiger partial charge >= 0.3 is 0 Å². The summed E-state index contributed by atoms with van der Waals surface area (Å²) >= 11 is 0. The summed E-state index contributed by atoms with van der Waals surface area (Å²) in [4.78, 5) is 36.4. The van der Waals surface area contributed by atoms with E-state index in [9.17, 15) is 4.79 Å². The molecular formula is C9H18FeO7. The van der Waals surface area contributed by atoms with Gasteiger partial charge in [0.05, 0.1) is 0 Å². The molecule has 0 fully saturated rings. The van der Waals surface area contributed by atoms with Gasteiger partial charge in [-0.2, -0.15) is 0 Å². The maximum absolute atomic E-state index is 9.44. The Balaban J connectivity index is -0.0000000369. The van der Waals surface area contributed by atoms with Gasteiger partial charge in [-0.05, 0) is 13.8 Å². The number of ketones is 1. The third-order valence-corrected chi connectivity index (χ3v) is 0. The van der Waals surface area contributed by atoms with Crippen LogP contribution in [0.2, 0.25) is 0 Å². The fraction of sp³-hybridized carbons (Fsp3) is 0.556. The topological polar surface area (TPSA) is 129 Å². The molecule has 0 heterocycles. The summed E-state index contributed by atoms with van der Waals surface area (Å²) < 4.78 is 0. The quantitative estimate of drug-likeness (QED) is 0.565. The maximum Gasteiger partial charge on any atom is 0.300 e. The molecule has 0 atom stereocenters. The van der Waals surface area contributed by atoms with Crippen molar-refractivity contribution >= 4 is 23.7 Å². The van der Waals surface area contributed by atoms with E-state index >= 15 is 0 Å². The zero-order valence-electron chi connectivity index (χ0n) is 10.3. The number of carbonyl (C=O) groups excluding carboxylic acids is 1. The summed E-state index contributed by atoms with van der Waals surface area (Å²) in [5.41, 5.74) is 0. The Kier molecular flexibility index (Phi) is 41.8. The minimum absolute atomic E-state index is 0. The average Bonchev–Trinajstić information content (AvgIpc) is 1.76. The van der Waals surface area contributed by atoms with E-state index in [0.29, 0.717) is 0 Å². The van der Waals surface area contributed by atoms with E-state index in [1.54, 1.807) is 0 Å². The Bertz CT molecular complexity index is 161. The number of Topliss-reactive ketones (excluding diaryl/α,β-unsaturated/α-hetero) is 1. The first-order chi connectivity index (χ1) is 6.93. The molecule has 0 spiro atoms. The summed E-state index contributed by atoms with van der Waals surface area (Å²) in [6, 6.07) is 0. The maximum atomic E-state index is 9.44. The van der Waals surface area contributed by atoms with E-state index in [1.807, 2.05) is 0 Å². The Hall–Kier alpha value is -1.40. The number of rotatable bonds is 0. The molecule has 104 valence electrons. The van der Waals surface area contributed by atoms with Gasteiger partial charge in [0.2, 0.25) is 0 Å². The first-order valence-electron chi connectivity index (χ1n) is 3.99. The number of aliphatic carboxylic acids is 3. The molecule has 0 aromatic carbocycles. The molecule has 0 aliphatic carbocycles. The Morgan fingerprint density at radius 1 is 0.588 bits per heavy atom. The van der Waals surface area contributed by atoms with Crippen molar-refractivity contribution in [1.29, 1.82) is 0 Å². The van der Waals surface area contributed by atoms with Crippen LogP contribution in [0, 0.1) is 0 Å². The third-order valence-electron chi connectivity index (χ3n) is 0. The minimum Gasteiger partial charge on any atom is -0.481 e. The van der Waals surface area contributed by atoms with Gasteiger partial charge in [-0.1, -0.05) is 0 Å². The van der Waals surface area contributed by atoms with Crippen LogP contribution in [-0.4, -0.2) is 39.0 Å². The summed E-state index contributed by atoms with van der Waals surface area (Å²) in [5.74, 6) is -2.33. The average molecular weight is 294 g/mol. The van der Waals surface area contributed by atoms with Crippen molar-refractivity contribution in [1.82, 2.24) is 0 Å². The minimum atomic E-state index is -0.833. The molecule has 0 rings (SSSR count). The summed E-state index contributed by atoms with van der Waals surface area (Å²) in [7, 11) is 0. The van der Waals surface area contributed by atoms with Crippen LogP contribution in [-0.2, 0) is 36.2 Å². The first-order valence-corrected chi connectivity index (χ1v) is 3.99. The van der Waals surface area contributed by atoms with Crippen LogP contribution in [0.4, 0.5) is 0 Å². The monoisotopic (exact) mass is 294 g/mol. The van der Waals surface area contributed by atoms with Crippen molar-refractivity contribution in [3.05, 3.63) is 0 Å². The standard InChI is InChI=1S/C3H6O.3C2H4O2.Fe/c1-3(2)4;3*1-2(3)4;/h1-2H3;3*1H3,(H,3,4);. The number of carboxylic acid groups (broad SMARTS) is 3. The van der Waals surface area contributed by atoms with Crippen LogP contribution in [0.25, 0.3) is 0 Å². The van der Waals surface area contributed by atoms with Gasteiger partial charge in [0.1, 0.15) is 5.78 Å². The second-order valence-electron chi connectivity index (χ2n) is 2.47. The Labute approximate surface area is 110 Å². The summed E-state index contributed by atoms with van der Waals surface area (Å²) in [6.45, 7) is 6.31. The molecule has 0 radical (unpaired) electrons. The molecule has 8 heteroatoms. The zero-order valence-corrected chi connectivity index (χ0v) is 11.4. The predicted molar refractivity (Wildman–Crippen MR) is 56.3 cm³/mol. The van der Waals surface area contributed by atoms with Crippen LogP contribution in [0.15, 0.2) is 0 Å². The van der Waals surface area contributed by atoms with Crippen molar-refractivity contribution in [2.45, 2.75) is 34.6 Å². The van der Waals surface area contributed by atoms with Crippen molar-refractivity contribution in [3.63, 3.8) is 0 Å². The van der Waals surface area contributed by atoms with Gasteiger partial charge in [0, 0.05) is 37.8 Å². The largest absolute Gasteiger partial charge is 0.481 e. The van der Waals surface area contributed by atoms with Gasteiger partial charge in [-0.3, -0.25) is 14.4 Å². The Morgan fingerprint density at radius 2 is 0.588 bits per heavy atom. The molecule has 0 aromatic rings. The fourth-order valence-corrected chi connectivity index (χ4v) is 0. The molecule has 7 nitrogen and oxygen atoms in total. The molecule has 0 amide bonds. The van der Waals surface area contributed by atoms with Crippen LogP contribution in [0.1, 0.15) is 34.6 Å². The molecule has 0 aliphatic heterocycles. The summed E-state index contributed by atoms with van der Waals surface area (Å²) in [5, 5.41) is 22.2. The second kappa shape index (κ2) is 24.0. The van der Waals surface area contributed by atoms with E-state index < -0.39 is 17.9 Å². The number of hydrogen-bond acceptors (Lipinski definition) is 4. The van der Waals surface area contributed by atoms with E-state index in [2.05, 4.69) is 0 Å². The smallest absolute Gasteiger partial charge is 0.300 e. The van der Waals surface area contributed by atoms with Crippen molar-refractivity contribution in [3.8, 4) is 0 Å². The molecular weight excluding hydrogens is 276 g/mol. The fourth-order valence-electron chi connectivity index (χ4n) is 0. The molecule has 0 aromatic heterocycles. The third kappa shape index (κ3) is 1180. The van der Waals surface area contributed by atoms with Gasteiger partial charge in [0.25, 0.3) is 17.9 Å². The molecule has 0 bridgehead atoms. The second-order valence-corrected chi connectivity index (χ2v) is 2.47. The molecule has 0 saturated carbocycles. The number of carboxylic acids is 3. The van der Waals surface area contributed by atoms with E-state index in [1.165, 1.54) is 13.8 Å². The first kappa shape index (κ1) is 29.6. The van der Waals surface area contributed by atoms with Crippen LogP contribution in [0.5, 0.6) is 0 Å². The molecule has 17 heavy (non-hydrogen) atoms. The molecule has 0 aliphatic rings. The summed E-state index contributed by atoms with van der Waals surface area (Å²) in [6.07, 6.45) is 0. The molecule has 3 N–H and O–H groups in total. The van der Waals surface area contributed by atoms with E-state index in [4.69, 9.17) is 29.7 Å². The van der Waals surface area contributed by atoms with Crippen molar-refractivity contribution < 1.29 is 51.6 Å². The number of hydrogen-bond donors (Lipinski definition) is 3. The van der Waals surface area contributed by atoms with E-state index in [-0.39, 0.29) is 22.9 Å². The zero-order chi connectivity index (χ0) is 14.3. The Morgan fingerprint density at radius 3 is 0.588 bits per heavy atom. The normalized spacial score (nSPS) is 5.94. The SMILES string of the molecule is CC(=O)O.CC(=O)O.CC(=O)O.CC(C)=O.[Fe]. The van der Waals surface area contributed by atoms with Gasteiger partial charge in [-0.25, -0.2) is 0 Å². The van der Waals surface area contributed by atoms with E-state index in [0.717, 1.165) is 20.8 Å². The number of carbonyl (C=O) groups is 4. The van der Waals surface area contributed by atoms with Crippen LogP contribution in [0.3, 0.4) is 0 Å². The molecule has 0 saturated heterocycles. The van der Waals surface area contributed by atoms with Crippen molar-refractivity contribution in [2.24, 2.45) is 0 Å². The van der Waals surface area contributed by atoms with Gasteiger partial charge in [0.15, 0.2) is 0 Å². The van der Waals surface area contributed by atoms with Crippen molar-refractivity contribution in [2.75, 3.05) is 0 Å².